The van der Waals surface area contributed by atoms with Gasteiger partial charge in [-0.25, -0.2) is 9.97 Å². The third kappa shape index (κ3) is 1.69. The van der Waals surface area contributed by atoms with Crippen molar-refractivity contribution in [1.82, 2.24) is 9.97 Å². The van der Waals surface area contributed by atoms with E-state index in [0.717, 1.165) is 30.5 Å². The Morgan fingerprint density at radius 3 is 2.79 bits per heavy atom. The van der Waals surface area contributed by atoms with Gasteiger partial charge in [-0.15, -0.1) is 0 Å². The van der Waals surface area contributed by atoms with Crippen LogP contribution in [0.15, 0.2) is 0 Å². The van der Waals surface area contributed by atoms with Crippen molar-refractivity contribution in [3.05, 3.63) is 16.5 Å². The molecule has 0 aliphatic heterocycles. The van der Waals surface area contributed by atoms with E-state index in [1.54, 1.807) is 0 Å². The van der Waals surface area contributed by atoms with E-state index in [4.69, 9.17) is 17.3 Å². The molecule has 1 aliphatic rings. The summed E-state index contributed by atoms with van der Waals surface area (Å²) >= 11 is 5.75. The van der Waals surface area contributed by atoms with E-state index in [0.29, 0.717) is 11.2 Å². The molecule has 2 N–H and O–H groups in total. The van der Waals surface area contributed by atoms with Gasteiger partial charge >= 0.3 is 0 Å². The summed E-state index contributed by atoms with van der Waals surface area (Å²) in [5.41, 5.74) is 8.25. The molecular weight excluding hydrogens is 198 g/mol. The Kier molecular flexibility index (Phi) is 2.14. The van der Waals surface area contributed by atoms with Crippen LogP contribution < -0.4 is 5.73 Å². The van der Waals surface area contributed by atoms with Gasteiger partial charge in [-0.2, -0.15) is 0 Å². The zero-order valence-electron chi connectivity index (χ0n) is 8.47. The zero-order chi connectivity index (χ0) is 10.3. The highest BCUT2D eigenvalue weighted by molar-refractivity contribution is 6.28. The fraction of sp³-hybridized carbons (Fsp3) is 0.600. The van der Waals surface area contributed by atoms with Gasteiger partial charge in [0.1, 0.15) is 5.82 Å². The van der Waals surface area contributed by atoms with E-state index in [2.05, 4.69) is 23.8 Å². The molecule has 0 saturated heterocycles. The quantitative estimate of drug-likeness (QED) is 0.670. The van der Waals surface area contributed by atoms with Crippen LogP contribution in [0, 0.1) is 5.41 Å². The van der Waals surface area contributed by atoms with E-state index in [1.807, 2.05) is 0 Å². The van der Waals surface area contributed by atoms with E-state index in [9.17, 15) is 0 Å². The highest BCUT2D eigenvalue weighted by Gasteiger charge is 2.28. The first-order valence-electron chi connectivity index (χ1n) is 4.79. The van der Waals surface area contributed by atoms with Crippen molar-refractivity contribution in [2.24, 2.45) is 5.41 Å². The minimum Gasteiger partial charge on any atom is -0.383 e. The predicted octanol–water partition coefficient (Wildman–Crippen LogP) is 2.23. The van der Waals surface area contributed by atoms with Crippen molar-refractivity contribution in [3.8, 4) is 0 Å². The van der Waals surface area contributed by atoms with Crippen molar-refractivity contribution in [2.75, 3.05) is 5.73 Å². The zero-order valence-corrected chi connectivity index (χ0v) is 9.23. The second-order valence-electron chi connectivity index (χ2n) is 4.64. The van der Waals surface area contributed by atoms with Crippen LogP contribution >= 0.6 is 11.6 Å². The summed E-state index contributed by atoms with van der Waals surface area (Å²) in [6.45, 7) is 4.48. The van der Waals surface area contributed by atoms with Gasteiger partial charge in [0.15, 0.2) is 0 Å². The standard InChI is InChI=1S/C10H14ClN3/c1-10(2)4-3-7-6(5-10)8(12)14-9(11)13-7/h3-5H2,1-2H3,(H2,12,13,14). The Morgan fingerprint density at radius 2 is 2.07 bits per heavy atom. The van der Waals surface area contributed by atoms with E-state index in [1.165, 1.54) is 0 Å². The smallest absolute Gasteiger partial charge is 0.224 e. The third-order valence-electron chi connectivity index (χ3n) is 2.79. The van der Waals surface area contributed by atoms with Crippen LogP contribution in [-0.2, 0) is 12.8 Å². The average Bonchev–Trinajstić information content (AvgIpc) is 2.06. The Hall–Kier alpha value is -0.830. The second kappa shape index (κ2) is 3.09. The molecule has 4 heteroatoms. The van der Waals surface area contributed by atoms with Gasteiger partial charge in [-0.3, -0.25) is 0 Å². The highest BCUT2D eigenvalue weighted by atomic mass is 35.5. The molecular formula is C10H14ClN3. The Morgan fingerprint density at radius 1 is 1.36 bits per heavy atom. The topological polar surface area (TPSA) is 51.8 Å². The molecule has 1 aromatic heterocycles. The van der Waals surface area contributed by atoms with E-state index >= 15 is 0 Å². The van der Waals surface area contributed by atoms with E-state index in [-0.39, 0.29) is 5.28 Å². The summed E-state index contributed by atoms with van der Waals surface area (Å²) in [4.78, 5) is 8.20. The van der Waals surface area contributed by atoms with E-state index < -0.39 is 0 Å². The first-order valence-corrected chi connectivity index (χ1v) is 5.16. The van der Waals surface area contributed by atoms with Gasteiger partial charge in [0, 0.05) is 5.56 Å². The molecule has 1 heterocycles. The van der Waals surface area contributed by atoms with Crippen molar-refractivity contribution in [2.45, 2.75) is 33.1 Å². The molecule has 0 amide bonds. The molecule has 0 bridgehead atoms. The van der Waals surface area contributed by atoms with Crippen LogP contribution in [0.3, 0.4) is 0 Å². The van der Waals surface area contributed by atoms with Crippen molar-refractivity contribution in [3.63, 3.8) is 0 Å². The normalized spacial score (nSPS) is 19.1. The first-order chi connectivity index (χ1) is 6.48. The molecule has 3 nitrogen and oxygen atoms in total. The second-order valence-corrected chi connectivity index (χ2v) is 4.98. The number of nitrogens with two attached hydrogens (primary N) is 1. The van der Waals surface area contributed by atoms with Crippen LogP contribution in [0.5, 0.6) is 0 Å². The molecule has 0 aromatic carbocycles. The van der Waals surface area contributed by atoms with Gasteiger partial charge in [0.25, 0.3) is 0 Å². The summed E-state index contributed by atoms with van der Waals surface area (Å²) < 4.78 is 0. The summed E-state index contributed by atoms with van der Waals surface area (Å²) in [5, 5.41) is 0.265. The molecule has 2 rings (SSSR count). The number of aromatic nitrogens is 2. The van der Waals surface area contributed by atoms with Crippen molar-refractivity contribution in [1.29, 1.82) is 0 Å². The van der Waals surface area contributed by atoms with Crippen LogP contribution in [0.25, 0.3) is 0 Å². The van der Waals surface area contributed by atoms with Crippen LogP contribution in [0.1, 0.15) is 31.5 Å². The summed E-state index contributed by atoms with van der Waals surface area (Å²) in [6, 6.07) is 0. The van der Waals surface area contributed by atoms with Gasteiger partial charge in [-0.05, 0) is 36.3 Å². The maximum absolute atomic E-state index is 5.83. The van der Waals surface area contributed by atoms with Crippen molar-refractivity contribution >= 4 is 17.4 Å². The monoisotopic (exact) mass is 211 g/mol. The molecule has 0 fully saturated rings. The number of nitrogen functional groups attached to an aromatic ring is 1. The molecule has 0 atom stereocenters. The summed E-state index contributed by atoms with van der Waals surface area (Å²) in [7, 11) is 0. The molecule has 1 aliphatic carbocycles. The van der Waals surface area contributed by atoms with Gasteiger partial charge in [0.2, 0.25) is 5.28 Å². The Labute approximate surface area is 88.7 Å². The number of fused-ring (bicyclic) bond motifs is 1. The molecule has 0 saturated carbocycles. The number of anilines is 1. The maximum atomic E-state index is 5.83. The van der Waals surface area contributed by atoms with Gasteiger partial charge in [0.05, 0.1) is 5.69 Å². The lowest BCUT2D eigenvalue weighted by Crippen LogP contribution is -2.24. The Bertz CT molecular complexity index is 374. The van der Waals surface area contributed by atoms with Gasteiger partial charge in [-0.1, -0.05) is 13.8 Å². The maximum Gasteiger partial charge on any atom is 0.224 e. The summed E-state index contributed by atoms with van der Waals surface area (Å²) in [6.07, 6.45) is 3.03. The third-order valence-corrected chi connectivity index (χ3v) is 2.96. The number of nitrogens with zero attached hydrogens (tertiary/aromatic N) is 2. The Balaban J connectivity index is 2.47. The molecule has 76 valence electrons. The minimum absolute atomic E-state index is 0.265. The van der Waals surface area contributed by atoms with Crippen molar-refractivity contribution < 1.29 is 0 Å². The predicted molar refractivity (Wildman–Crippen MR) is 57.3 cm³/mol. The summed E-state index contributed by atoms with van der Waals surface area (Å²) in [5.74, 6) is 0.549. The number of halogens is 1. The number of rotatable bonds is 0. The first kappa shape index (κ1) is 9.71. The lowest BCUT2D eigenvalue weighted by molar-refractivity contribution is 0.312. The molecule has 0 spiro atoms. The number of aryl methyl sites for hydroxylation is 1. The fourth-order valence-corrected chi connectivity index (χ4v) is 2.13. The van der Waals surface area contributed by atoms with Crippen LogP contribution in [-0.4, -0.2) is 9.97 Å². The minimum atomic E-state index is 0.265. The fourth-order valence-electron chi connectivity index (χ4n) is 1.94. The highest BCUT2D eigenvalue weighted by Crippen LogP contribution is 2.36. The lowest BCUT2D eigenvalue weighted by atomic mass is 9.76. The molecule has 0 unspecified atom stereocenters. The number of hydrogen-bond donors (Lipinski definition) is 1. The molecule has 14 heavy (non-hydrogen) atoms. The van der Waals surface area contributed by atoms with Crippen LogP contribution in [0.2, 0.25) is 5.28 Å². The van der Waals surface area contributed by atoms with Gasteiger partial charge < -0.3 is 5.73 Å². The molecule has 1 aromatic rings. The number of hydrogen-bond acceptors (Lipinski definition) is 3. The molecule has 0 radical (unpaired) electrons. The van der Waals surface area contributed by atoms with Crippen LogP contribution in [0.4, 0.5) is 5.82 Å². The average molecular weight is 212 g/mol. The largest absolute Gasteiger partial charge is 0.383 e. The SMILES string of the molecule is CC1(C)CCc2nc(Cl)nc(N)c2C1. The lowest BCUT2D eigenvalue weighted by Gasteiger charge is -2.30.